The first-order chi connectivity index (χ1) is 14.2. The molecule has 0 saturated carbocycles. The Bertz CT molecular complexity index is 946. The SMILES string of the molecule is Cc1cccc(CCC(=O)N2CCN(Cc3csc(-c4ccccc4)n3)CC2)c1. The van der Waals surface area contributed by atoms with E-state index in [4.69, 9.17) is 4.98 Å². The molecular weight excluding hydrogens is 378 g/mol. The second-order valence-corrected chi connectivity index (χ2v) is 8.51. The third kappa shape index (κ3) is 5.31. The molecule has 1 saturated heterocycles. The molecule has 150 valence electrons. The number of aromatic nitrogens is 1. The van der Waals surface area contributed by atoms with E-state index < -0.39 is 0 Å². The van der Waals surface area contributed by atoms with Gasteiger partial charge in [0.15, 0.2) is 0 Å². The highest BCUT2D eigenvalue weighted by molar-refractivity contribution is 7.13. The highest BCUT2D eigenvalue weighted by atomic mass is 32.1. The molecule has 0 N–H and O–H groups in total. The number of amides is 1. The van der Waals surface area contributed by atoms with E-state index in [0.29, 0.717) is 6.42 Å². The van der Waals surface area contributed by atoms with E-state index in [-0.39, 0.29) is 5.91 Å². The second-order valence-electron chi connectivity index (χ2n) is 7.66. The zero-order chi connectivity index (χ0) is 20.1. The Morgan fingerprint density at radius 2 is 1.83 bits per heavy atom. The minimum Gasteiger partial charge on any atom is -0.340 e. The van der Waals surface area contributed by atoms with Gasteiger partial charge in [-0.15, -0.1) is 11.3 Å². The van der Waals surface area contributed by atoms with Crippen LogP contribution < -0.4 is 0 Å². The molecule has 0 aliphatic carbocycles. The van der Waals surface area contributed by atoms with E-state index in [1.165, 1.54) is 16.7 Å². The summed E-state index contributed by atoms with van der Waals surface area (Å²) < 4.78 is 0. The van der Waals surface area contributed by atoms with Gasteiger partial charge in [-0.05, 0) is 18.9 Å². The number of aryl methyl sites for hydroxylation is 2. The zero-order valence-electron chi connectivity index (χ0n) is 16.9. The van der Waals surface area contributed by atoms with E-state index in [2.05, 4.69) is 53.6 Å². The van der Waals surface area contributed by atoms with Crippen molar-refractivity contribution in [3.63, 3.8) is 0 Å². The summed E-state index contributed by atoms with van der Waals surface area (Å²) >= 11 is 1.70. The predicted octanol–water partition coefficient (Wildman–Crippen LogP) is 4.40. The van der Waals surface area contributed by atoms with Crippen molar-refractivity contribution < 1.29 is 4.79 Å². The number of nitrogens with zero attached hydrogens (tertiary/aromatic N) is 3. The van der Waals surface area contributed by atoms with Crippen molar-refractivity contribution in [1.29, 1.82) is 0 Å². The number of carbonyl (C=O) groups is 1. The monoisotopic (exact) mass is 405 g/mol. The summed E-state index contributed by atoms with van der Waals surface area (Å²) in [4.78, 5) is 21.8. The molecular formula is C24H27N3OS. The number of benzene rings is 2. The quantitative estimate of drug-likeness (QED) is 0.610. The average molecular weight is 406 g/mol. The molecule has 0 atom stereocenters. The summed E-state index contributed by atoms with van der Waals surface area (Å²) in [6.07, 6.45) is 1.41. The predicted molar refractivity (Wildman–Crippen MR) is 119 cm³/mol. The molecule has 5 heteroatoms. The van der Waals surface area contributed by atoms with Gasteiger partial charge >= 0.3 is 0 Å². The molecule has 1 aliphatic rings. The average Bonchev–Trinajstić information content (AvgIpc) is 3.22. The van der Waals surface area contributed by atoms with Crippen LogP contribution in [0.4, 0.5) is 0 Å². The fourth-order valence-corrected chi connectivity index (χ4v) is 4.57. The van der Waals surface area contributed by atoms with Crippen LogP contribution >= 0.6 is 11.3 Å². The van der Waals surface area contributed by atoms with E-state index in [1.807, 2.05) is 23.1 Å². The van der Waals surface area contributed by atoms with E-state index in [0.717, 1.165) is 49.8 Å². The molecule has 1 fully saturated rings. The molecule has 2 aromatic carbocycles. The van der Waals surface area contributed by atoms with Crippen molar-refractivity contribution in [3.05, 3.63) is 76.8 Å². The maximum atomic E-state index is 12.6. The molecule has 1 aromatic heterocycles. The van der Waals surface area contributed by atoms with Crippen LogP contribution in [0, 0.1) is 6.92 Å². The number of rotatable bonds is 6. The number of carbonyl (C=O) groups excluding carboxylic acids is 1. The highest BCUT2D eigenvalue weighted by Crippen LogP contribution is 2.24. The van der Waals surface area contributed by atoms with Crippen LogP contribution in [0.2, 0.25) is 0 Å². The molecule has 0 spiro atoms. The van der Waals surface area contributed by atoms with Crippen LogP contribution in [0.25, 0.3) is 10.6 Å². The first-order valence-corrected chi connectivity index (χ1v) is 11.1. The van der Waals surface area contributed by atoms with Crippen molar-refractivity contribution in [2.24, 2.45) is 0 Å². The molecule has 1 aliphatic heterocycles. The summed E-state index contributed by atoms with van der Waals surface area (Å²) in [5.74, 6) is 0.270. The lowest BCUT2D eigenvalue weighted by Crippen LogP contribution is -2.48. The molecule has 4 rings (SSSR count). The van der Waals surface area contributed by atoms with Crippen LogP contribution in [-0.4, -0.2) is 46.9 Å². The molecule has 0 radical (unpaired) electrons. The Labute approximate surface area is 176 Å². The maximum absolute atomic E-state index is 12.6. The maximum Gasteiger partial charge on any atom is 0.222 e. The minimum atomic E-state index is 0.270. The summed E-state index contributed by atoms with van der Waals surface area (Å²) in [5, 5.41) is 3.23. The molecule has 29 heavy (non-hydrogen) atoms. The van der Waals surface area contributed by atoms with Gasteiger partial charge in [0.25, 0.3) is 0 Å². The first-order valence-electron chi connectivity index (χ1n) is 10.2. The fourth-order valence-electron chi connectivity index (χ4n) is 3.75. The Balaban J connectivity index is 1.24. The summed E-state index contributed by atoms with van der Waals surface area (Å²) in [6, 6.07) is 18.8. The third-order valence-electron chi connectivity index (χ3n) is 5.39. The normalized spacial score (nSPS) is 14.9. The van der Waals surface area contributed by atoms with Gasteiger partial charge in [-0.3, -0.25) is 9.69 Å². The lowest BCUT2D eigenvalue weighted by molar-refractivity contribution is -0.133. The lowest BCUT2D eigenvalue weighted by Gasteiger charge is -2.34. The second kappa shape index (κ2) is 9.33. The summed E-state index contributed by atoms with van der Waals surface area (Å²) in [6.45, 7) is 6.39. The topological polar surface area (TPSA) is 36.4 Å². The molecule has 2 heterocycles. The van der Waals surface area contributed by atoms with E-state index in [1.54, 1.807) is 11.3 Å². The third-order valence-corrected chi connectivity index (χ3v) is 6.33. The van der Waals surface area contributed by atoms with Gasteiger partial charge in [-0.25, -0.2) is 4.98 Å². The van der Waals surface area contributed by atoms with Crippen LogP contribution in [0.15, 0.2) is 60.0 Å². The van der Waals surface area contributed by atoms with E-state index in [9.17, 15) is 4.79 Å². The van der Waals surface area contributed by atoms with Gasteiger partial charge in [0.2, 0.25) is 5.91 Å². The molecule has 4 nitrogen and oxygen atoms in total. The fraction of sp³-hybridized carbons (Fsp3) is 0.333. The van der Waals surface area contributed by atoms with Crippen molar-refractivity contribution in [2.45, 2.75) is 26.3 Å². The van der Waals surface area contributed by atoms with Crippen molar-refractivity contribution >= 4 is 17.2 Å². The summed E-state index contributed by atoms with van der Waals surface area (Å²) in [5.41, 5.74) is 4.79. The summed E-state index contributed by atoms with van der Waals surface area (Å²) in [7, 11) is 0. The minimum absolute atomic E-state index is 0.270. The molecule has 1 amide bonds. The Morgan fingerprint density at radius 3 is 2.59 bits per heavy atom. The largest absolute Gasteiger partial charge is 0.340 e. The van der Waals surface area contributed by atoms with Gasteiger partial charge < -0.3 is 4.90 Å². The van der Waals surface area contributed by atoms with Crippen molar-refractivity contribution in [3.8, 4) is 10.6 Å². The Kier molecular flexibility index (Phi) is 6.37. The van der Waals surface area contributed by atoms with Gasteiger partial charge in [-0.1, -0.05) is 60.2 Å². The van der Waals surface area contributed by atoms with Crippen LogP contribution in [-0.2, 0) is 17.8 Å². The Hall–Kier alpha value is -2.50. The Morgan fingerprint density at radius 1 is 1.03 bits per heavy atom. The van der Waals surface area contributed by atoms with Crippen LogP contribution in [0.1, 0.15) is 23.2 Å². The molecule has 0 bridgehead atoms. The number of thiazole rings is 1. The number of hydrogen-bond acceptors (Lipinski definition) is 4. The zero-order valence-corrected chi connectivity index (χ0v) is 17.7. The van der Waals surface area contributed by atoms with Gasteiger partial charge in [0.1, 0.15) is 5.01 Å². The van der Waals surface area contributed by atoms with Crippen molar-refractivity contribution in [1.82, 2.24) is 14.8 Å². The van der Waals surface area contributed by atoms with Gasteiger partial charge in [0.05, 0.1) is 5.69 Å². The highest BCUT2D eigenvalue weighted by Gasteiger charge is 2.21. The smallest absolute Gasteiger partial charge is 0.222 e. The molecule has 0 unspecified atom stereocenters. The lowest BCUT2D eigenvalue weighted by atomic mass is 10.1. The standard InChI is InChI=1S/C24H27N3OS/c1-19-6-5-7-20(16-19)10-11-23(28)27-14-12-26(13-15-27)17-22-18-29-24(25-22)21-8-3-2-4-9-21/h2-9,16,18H,10-15,17H2,1H3. The molecule has 3 aromatic rings. The number of hydrogen-bond donors (Lipinski definition) is 0. The number of piperazine rings is 1. The first kappa shape index (κ1) is 19.8. The van der Waals surface area contributed by atoms with E-state index >= 15 is 0 Å². The van der Waals surface area contributed by atoms with Gasteiger partial charge in [0, 0.05) is 50.1 Å². The van der Waals surface area contributed by atoms with Gasteiger partial charge in [-0.2, -0.15) is 0 Å². The van der Waals surface area contributed by atoms with Crippen LogP contribution in [0.3, 0.4) is 0 Å². The van der Waals surface area contributed by atoms with Crippen LogP contribution in [0.5, 0.6) is 0 Å². The van der Waals surface area contributed by atoms with Crippen molar-refractivity contribution in [2.75, 3.05) is 26.2 Å².